The Morgan fingerprint density at radius 1 is 1.16 bits per heavy atom. The van der Waals surface area contributed by atoms with Gasteiger partial charge in [0.15, 0.2) is 0 Å². The summed E-state index contributed by atoms with van der Waals surface area (Å²) in [7, 11) is -1.82. The van der Waals surface area contributed by atoms with Crippen LogP contribution in [0.5, 0.6) is 0 Å². The maximum atomic E-state index is 12.5. The lowest BCUT2D eigenvalue weighted by atomic mass is 9.88. The molecule has 19 heavy (non-hydrogen) atoms. The van der Waals surface area contributed by atoms with Crippen LogP contribution in [0, 0.1) is 5.92 Å². The molecule has 1 N–H and O–H groups in total. The highest BCUT2D eigenvalue weighted by Gasteiger charge is 2.35. The molecule has 0 aromatic heterocycles. The summed E-state index contributed by atoms with van der Waals surface area (Å²) in [6.07, 6.45) is 7.15. The zero-order valence-corrected chi connectivity index (χ0v) is 12.4. The Hall–Kier alpha value is -0.620. The Morgan fingerprint density at radius 2 is 1.84 bits per heavy atom. The average molecular weight is 288 g/mol. The second-order valence-electron chi connectivity index (χ2n) is 5.65. The third kappa shape index (κ3) is 3.69. The van der Waals surface area contributed by atoms with Crippen molar-refractivity contribution in [2.24, 2.45) is 5.92 Å². The molecule has 0 bridgehead atoms. The first-order chi connectivity index (χ1) is 9.03. The van der Waals surface area contributed by atoms with Crippen molar-refractivity contribution in [3.63, 3.8) is 0 Å². The summed E-state index contributed by atoms with van der Waals surface area (Å²) in [5.41, 5.74) is 0. The van der Waals surface area contributed by atoms with Crippen molar-refractivity contribution in [2.75, 3.05) is 19.3 Å². The minimum atomic E-state index is -3.24. The lowest BCUT2D eigenvalue weighted by Crippen LogP contribution is -2.44. The first kappa shape index (κ1) is 14.8. The fraction of sp³-hybridized carbons (Fsp3) is 0.923. The van der Waals surface area contributed by atoms with Gasteiger partial charge >= 0.3 is 0 Å². The molecule has 0 aromatic rings. The van der Waals surface area contributed by atoms with E-state index in [0.29, 0.717) is 0 Å². The lowest BCUT2D eigenvalue weighted by molar-refractivity contribution is -0.137. The zero-order chi connectivity index (χ0) is 13.9. The third-order valence-corrected chi connectivity index (χ3v) is 5.78. The van der Waals surface area contributed by atoms with Gasteiger partial charge in [-0.3, -0.25) is 4.79 Å². The van der Waals surface area contributed by atoms with Crippen LogP contribution in [0.15, 0.2) is 0 Å². The van der Waals surface area contributed by atoms with E-state index in [0.717, 1.165) is 45.1 Å². The summed E-state index contributed by atoms with van der Waals surface area (Å²) < 4.78 is 25.6. The Morgan fingerprint density at radius 3 is 2.47 bits per heavy atom. The number of amides is 1. The normalized spacial score (nSPS) is 25.7. The van der Waals surface area contributed by atoms with Crippen molar-refractivity contribution >= 4 is 15.9 Å². The Bertz CT molecular complexity index is 416. The van der Waals surface area contributed by atoms with Gasteiger partial charge in [0.2, 0.25) is 15.9 Å². The Kier molecular flexibility index (Phi) is 4.84. The van der Waals surface area contributed by atoms with Crippen molar-refractivity contribution in [3.05, 3.63) is 0 Å². The van der Waals surface area contributed by atoms with Crippen LogP contribution in [-0.4, -0.2) is 44.6 Å². The number of nitrogens with zero attached hydrogens (tertiary/aromatic N) is 1. The molecule has 110 valence electrons. The molecule has 1 aliphatic heterocycles. The van der Waals surface area contributed by atoms with Crippen LogP contribution in [0.25, 0.3) is 0 Å². The van der Waals surface area contributed by atoms with Crippen LogP contribution in [0.2, 0.25) is 0 Å². The van der Waals surface area contributed by atoms with E-state index < -0.39 is 10.0 Å². The molecule has 0 spiro atoms. The molecule has 0 aromatic carbocycles. The van der Waals surface area contributed by atoms with Crippen molar-refractivity contribution < 1.29 is 13.2 Å². The topological polar surface area (TPSA) is 66.5 Å². The van der Waals surface area contributed by atoms with Gasteiger partial charge in [-0.25, -0.2) is 13.1 Å². The zero-order valence-electron chi connectivity index (χ0n) is 11.6. The number of hydrogen-bond acceptors (Lipinski definition) is 3. The maximum absolute atomic E-state index is 12.5. The number of hydrogen-bond donors (Lipinski definition) is 1. The summed E-state index contributed by atoms with van der Waals surface area (Å²) in [5.74, 6) is 0.363. The highest BCUT2D eigenvalue weighted by atomic mass is 32.2. The Labute approximate surface area is 115 Å². The minimum absolute atomic E-state index is 0.0436. The van der Waals surface area contributed by atoms with Crippen LogP contribution in [0.4, 0.5) is 0 Å². The number of carbonyl (C=O) groups excluding carboxylic acids is 1. The van der Waals surface area contributed by atoms with Gasteiger partial charge in [-0.1, -0.05) is 19.3 Å². The van der Waals surface area contributed by atoms with Crippen molar-refractivity contribution in [3.8, 4) is 0 Å². The molecule has 1 aliphatic carbocycles. The van der Waals surface area contributed by atoms with E-state index in [2.05, 4.69) is 4.72 Å². The molecule has 5 nitrogen and oxygen atoms in total. The predicted octanol–water partition coefficient (Wildman–Crippen LogP) is 1.11. The molecular weight excluding hydrogens is 264 g/mol. The molecule has 1 unspecified atom stereocenters. The average Bonchev–Trinajstić information content (AvgIpc) is 2.86. The second-order valence-corrected chi connectivity index (χ2v) is 7.62. The molecule has 2 rings (SSSR count). The number of rotatable bonds is 4. The molecule has 6 heteroatoms. The van der Waals surface area contributed by atoms with Crippen LogP contribution >= 0.6 is 0 Å². The molecule has 1 saturated heterocycles. The molecule has 1 saturated carbocycles. The fourth-order valence-electron chi connectivity index (χ4n) is 3.22. The maximum Gasteiger partial charge on any atom is 0.225 e. The number of sulfonamides is 1. The van der Waals surface area contributed by atoms with E-state index in [1.54, 1.807) is 0 Å². The number of likely N-dealkylation sites (tertiary alicyclic amines) is 1. The number of carbonyl (C=O) groups is 1. The van der Waals surface area contributed by atoms with E-state index in [4.69, 9.17) is 0 Å². The highest BCUT2D eigenvalue weighted by Crippen LogP contribution is 2.29. The van der Waals surface area contributed by atoms with Gasteiger partial charge < -0.3 is 4.90 Å². The molecule has 0 radical (unpaired) electrons. The molecule has 1 atom stereocenters. The third-order valence-electron chi connectivity index (χ3n) is 4.34. The summed E-state index contributed by atoms with van der Waals surface area (Å²) in [4.78, 5) is 14.3. The summed E-state index contributed by atoms with van der Waals surface area (Å²) >= 11 is 0. The van der Waals surface area contributed by atoms with Crippen LogP contribution < -0.4 is 4.72 Å². The quantitative estimate of drug-likeness (QED) is 0.842. The SMILES string of the molecule is CNS(=O)(=O)CC1CCCN1C(=O)C1CCCCC1. The Balaban J connectivity index is 1.99. The first-order valence-corrected chi connectivity index (χ1v) is 8.90. The largest absolute Gasteiger partial charge is 0.338 e. The van der Waals surface area contributed by atoms with Crippen molar-refractivity contribution in [1.29, 1.82) is 0 Å². The van der Waals surface area contributed by atoms with Crippen LogP contribution in [0.3, 0.4) is 0 Å². The van der Waals surface area contributed by atoms with Crippen molar-refractivity contribution in [2.45, 2.75) is 51.0 Å². The van der Waals surface area contributed by atoms with E-state index in [9.17, 15) is 13.2 Å². The molecule has 2 aliphatic rings. The molecular formula is C13H24N2O3S. The van der Waals surface area contributed by atoms with Crippen LogP contribution in [-0.2, 0) is 14.8 Å². The van der Waals surface area contributed by atoms with Gasteiger partial charge in [0.05, 0.1) is 5.75 Å². The van der Waals surface area contributed by atoms with E-state index in [1.807, 2.05) is 4.90 Å². The highest BCUT2D eigenvalue weighted by molar-refractivity contribution is 7.89. The summed E-state index contributed by atoms with van der Waals surface area (Å²) in [6, 6.07) is -0.133. The first-order valence-electron chi connectivity index (χ1n) is 7.25. The standard InChI is InChI=1S/C13H24N2O3S/c1-14-19(17,18)10-12-8-5-9-15(12)13(16)11-6-3-2-4-7-11/h11-12,14H,2-10H2,1H3. The van der Waals surface area contributed by atoms with Gasteiger partial charge in [0.25, 0.3) is 0 Å². The van der Waals surface area contributed by atoms with Gasteiger partial charge in [-0.2, -0.15) is 0 Å². The van der Waals surface area contributed by atoms with Gasteiger partial charge in [0.1, 0.15) is 0 Å². The molecule has 1 heterocycles. The van der Waals surface area contributed by atoms with Crippen LogP contribution in [0.1, 0.15) is 44.9 Å². The molecule has 1 amide bonds. The van der Waals surface area contributed by atoms with Gasteiger partial charge in [0, 0.05) is 18.5 Å². The predicted molar refractivity (Wildman–Crippen MR) is 74.2 cm³/mol. The minimum Gasteiger partial charge on any atom is -0.338 e. The van der Waals surface area contributed by atoms with Gasteiger partial charge in [-0.15, -0.1) is 0 Å². The van der Waals surface area contributed by atoms with E-state index >= 15 is 0 Å². The summed E-state index contributed by atoms with van der Waals surface area (Å²) in [5, 5.41) is 0. The fourth-order valence-corrected chi connectivity index (χ4v) is 4.24. The second kappa shape index (κ2) is 6.22. The summed E-state index contributed by atoms with van der Waals surface area (Å²) in [6.45, 7) is 0.721. The number of nitrogens with one attached hydrogen (secondary N) is 1. The van der Waals surface area contributed by atoms with Gasteiger partial charge in [-0.05, 0) is 32.7 Å². The smallest absolute Gasteiger partial charge is 0.225 e. The van der Waals surface area contributed by atoms with Crippen molar-refractivity contribution in [1.82, 2.24) is 9.62 Å². The van der Waals surface area contributed by atoms with E-state index in [-0.39, 0.29) is 23.6 Å². The monoisotopic (exact) mass is 288 g/mol. The molecule has 2 fully saturated rings. The van der Waals surface area contributed by atoms with E-state index in [1.165, 1.54) is 13.5 Å². The lowest BCUT2D eigenvalue weighted by Gasteiger charge is -2.30.